The molecule has 3 nitrogen and oxygen atoms in total. The molecule has 3 rings (SSSR count). The van der Waals surface area contributed by atoms with Crippen molar-refractivity contribution < 1.29 is 4.79 Å². The van der Waals surface area contributed by atoms with Gasteiger partial charge in [-0.15, -0.1) is 11.8 Å². The van der Waals surface area contributed by atoms with Gasteiger partial charge in [0.15, 0.2) is 0 Å². The highest BCUT2D eigenvalue weighted by molar-refractivity contribution is 8.00. The second-order valence-corrected chi connectivity index (χ2v) is 9.91. The maximum absolute atomic E-state index is 13.3. The molecule has 0 spiro atoms. The van der Waals surface area contributed by atoms with E-state index >= 15 is 0 Å². The Morgan fingerprint density at radius 2 is 1.48 bits per heavy atom. The molecule has 0 bridgehead atoms. The summed E-state index contributed by atoms with van der Waals surface area (Å²) in [6, 6.07) is 20.4. The van der Waals surface area contributed by atoms with Crippen molar-refractivity contribution in [3.63, 3.8) is 0 Å². The monoisotopic (exact) mass is 382 g/mol. The Morgan fingerprint density at radius 1 is 0.963 bits per heavy atom. The van der Waals surface area contributed by atoms with E-state index in [1.807, 2.05) is 48.5 Å². The van der Waals surface area contributed by atoms with E-state index in [9.17, 15) is 4.79 Å². The van der Waals surface area contributed by atoms with E-state index < -0.39 is 0 Å². The van der Waals surface area contributed by atoms with Crippen LogP contribution >= 0.6 is 11.8 Å². The maximum atomic E-state index is 13.3. The molecule has 4 heteroatoms. The van der Waals surface area contributed by atoms with E-state index in [0.29, 0.717) is 0 Å². The number of carbonyl (C=O) groups excluding carboxylic acids is 1. The third-order valence-electron chi connectivity index (χ3n) is 4.87. The van der Waals surface area contributed by atoms with Gasteiger partial charge in [-0.25, -0.2) is 0 Å². The third-order valence-corrected chi connectivity index (χ3v) is 6.14. The maximum Gasteiger partial charge on any atom is 0.238 e. The van der Waals surface area contributed by atoms with Crippen LogP contribution in [0.3, 0.4) is 0 Å². The minimum absolute atomic E-state index is 0.00845. The van der Waals surface area contributed by atoms with Crippen LogP contribution in [-0.4, -0.2) is 23.0 Å². The van der Waals surface area contributed by atoms with Gasteiger partial charge in [0.2, 0.25) is 5.91 Å². The molecule has 0 radical (unpaired) electrons. The molecule has 27 heavy (non-hydrogen) atoms. The Morgan fingerprint density at radius 3 is 2.04 bits per heavy atom. The van der Waals surface area contributed by atoms with Crippen LogP contribution in [0.15, 0.2) is 65.6 Å². The number of amides is 1. The van der Waals surface area contributed by atoms with Crippen LogP contribution in [0.1, 0.15) is 51.3 Å². The zero-order valence-electron chi connectivity index (χ0n) is 16.7. The van der Waals surface area contributed by atoms with Crippen LogP contribution in [0.25, 0.3) is 0 Å². The molecule has 1 heterocycles. The summed E-state index contributed by atoms with van der Waals surface area (Å²) in [5.41, 5.74) is 1.06. The first-order valence-corrected chi connectivity index (χ1v) is 10.5. The summed E-state index contributed by atoms with van der Waals surface area (Å²) in [7, 11) is 0. The SMILES string of the molecule is CC1(C)CC(NC(=O)[C@@H](Sc2ccccc2)c2ccccc2)CC(C)(C)N1. The predicted octanol–water partition coefficient (Wildman–Crippen LogP) is 4.95. The Labute approximate surface area is 167 Å². The van der Waals surface area contributed by atoms with E-state index in [1.165, 1.54) is 0 Å². The summed E-state index contributed by atoms with van der Waals surface area (Å²) in [6.07, 6.45) is 1.86. The molecule has 0 aromatic heterocycles. The first-order valence-electron chi connectivity index (χ1n) is 9.60. The van der Waals surface area contributed by atoms with Crippen LogP contribution in [0.2, 0.25) is 0 Å². The van der Waals surface area contributed by atoms with Crippen LogP contribution in [0.4, 0.5) is 0 Å². The van der Waals surface area contributed by atoms with E-state index in [1.54, 1.807) is 11.8 Å². The zero-order chi connectivity index (χ0) is 19.5. The van der Waals surface area contributed by atoms with Crippen molar-refractivity contribution in [2.24, 2.45) is 0 Å². The topological polar surface area (TPSA) is 41.1 Å². The quantitative estimate of drug-likeness (QED) is 0.719. The zero-order valence-corrected chi connectivity index (χ0v) is 17.5. The van der Waals surface area contributed by atoms with Gasteiger partial charge >= 0.3 is 0 Å². The third kappa shape index (κ3) is 5.60. The molecule has 1 fully saturated rings. The van der Waals surface area contributed by atoms with Gasteiger partial charge in [-0.05, 0) is 58.2 Å². The summed E-state index contributed by atoms with van der Waals surface area (Å²) in [5, 5.41) is 6.77. The van der Waals surface area contributed by atoms with Crippen LogP contribution in [0.5, 0.6) is 0 Å². The fraction of sp³-hybridized carbons (Fsp3) is 0.435. The lowest BCUT2D eigenvalue weighted by atomic mass is 9.79. The minimum atomic E-state index is -0.255. The van der Waals surface area contributed by atoms with Gasteiger partial charge in [0.05, 0.1) is 0 Å². The molecular weight excluding hydrogens is 352 g/mol. The number of hydrogen-bond donors (Lipinski definition) is 2. The highest BCUT2D eigenvalue weighted by atomic mass is 32.2. The molecule has 2 aromatic rings. The largest absolute Gasteiger partial charge is 0.352 e. The van der Waals surface area contributed by atoms with E-state index in [4.69, 9.17) is 0 Å². The van der Waals surface area contributed by atoms with Gasteiger partial charge in [-0.1, -0.05) is 48.5 Å². The molecule has 2 N–H and O–H groups in total. The van der Waals surface area contributed by atoms with Crippen LogP contribution < -0.4 is 10.6 Å². The number of nitrogens with one attached hydrogen (secondary N) is 2. The lowest BCUT2D eigenvalue weighted by Gasteiger charge is -2.46. The normalized spacial score (nSPS) is 20.0. The number of hydrogen-bond acceptors (Lipinski definition) is 3. The lowest BCUT2D eigenvalue weighted by Crippen LogP contribution is -2.62. The molecule has 2 aromatic carbocycles. The highest BCUT2D eigenvalue weighted by Gasteiger charge is 2.39. The Hall–Kier alpha value is -1.78. The first-order chi connectivity index (χ1) is 12.7. The average molecular weight is 383 g/mol. The smallest absolute Gasteiger partial charge is 0.238 e. The second kappa shape index (κ2) is 8.07. The molecule has 144 valence electrons. The molecule has 0 unspecified atom stereocenters. The van der Waals surface area contributed by atoms with Crippen molar-refractivity contribution in [1.82, 2.24) is 10.6 Å². The Bertz CT molecular complexity index is 742. The number of thioether (sulfide) groups is 1. The summed E-state index contributed by atoms with van der Waals surface area (Å²) in [5.74, 6) is 0.0913. The van der Waals surface area contributed by atoms with Gasteiger partial charge < -0.3 is 10.6 Å². The molecular formula is C23H30N2OS. The molecule has 0 saturated carbocycles. The van der Waals surface area contributed by atoms with Crippen molar-refractivity contribution in [1.29, 1.82) is 0 Å². The lowest BCUT2D eigenvalue weighted by molar-refractivity contribution is -0.121. The van der Waals surface area contributed by atoms with Gasteiger partial charge in [-0.3, -0.25) is 4.79 Å². The summed E-state index contributed by atoms with van der Waals surface area (Å²) in [4.78, 5) is 14.4. The number of carbonyl (C=O) groups is 1. The first kappa shape index (κ1) is 20.0. The Balaban J connectivity index is 1.79. The van der Waals surface area contributed by atoms with Crippen molar-refractivity contribution in [3.8, 4) is 0 Å². The number of benzene rings is 2. The second-order valence-electron chi connectivity index (χ2n) is 8.73. The summed E-state index contributed by atoms with van der Waals surface area (Å²) in [6.45, 7) is 8.84. The Kier molecular flexibility index (Phi) is 5.97. The molecule has 1 saturated heterocycles. The summed E-state index contributed by atoms with van der Waals surface area (Å²) >= 11 is 1.61. The highest BCUT2D eigenvalue weighted by Crippen LogP contribution is 2.36. The van der Waals surface area contributed by atoms with E-state index in [0.717, 1.165) is 23.3 Å². The standard InChI is InChI=1S/C23H30N2OS/c1-22(2)15-18(16-23(3,4)25-22)24-21(26)20(17-11-7-5-8-12-17)27-19-13-9-6-10-14-19/h5-14,18,20,25H,15-16H2,1-4H3,(H,24,26)/t20-/m0/s1. The molecule has 1 atom stereocenters. The van der Waals surface area contributed by atoms with E-state index in [-0.39, 0.29) is 28.3 Å². The van der Waals surface area contributed by atoms with Gasteiger partial charge in [0.1, 0.15) is 5.25 Å². The molecule has 1 aliphatic heterocycles. The van der Waals surface area contributed by atoms with Crippen molar-refractivity contribution in [2.75, 3.05) is 0 Å². The van der Waals surface area contributed by atoms with Crippen LogP contribution in [0, 0.1) is 0 Å². The molecule has 1 amide bonds. The van der Waals surface area contributed by atoms with Crippen molar-refractivity contribution in [3.05, 3.63) is 66.2 Å². The van der Waals surface area contributed by atoms with Crippen molar-refractivity contribution in [2.45, 2.75) is 67.8 Å². The van der Waals surface area contributed by atoms with E-state index in [2.05, 4.69) is 50.5 Å². The molecule has 0 aliphatic carbocycles. The van der Waals surface area contributed by atoms with Crippen LogP contribution in [-0.2, 0) is 4.79 Å². The van der Waals surface area contributed by atoms with Gasteiger partial charge in [0, 0.05) is 22.0 Å². The minimum Gasteiger partial charge on any atom is -0.352 e. The predicted molar refractivity (Wildman–Crippen MR) is 114 cm³/mol. The van der Waals surface area contributed by atoms with Gasteiger partial charge in [-0.2, -0.15) is 0 Å². The number of piperidine rings is 1. The summed E-state index contributed by atoms with van der Waals surface area (Å²) < 4.78 is 0. The van der Waals surface area contributed by atoms with Crippen molar-refractivity contribution >= 4 is 17.7 Å². The fourth-order valence-electron chi connectivity index (χ4n) is 4.24. The van der Waals surface area contributed by atoms with Gasteiger partial charge in [0.25, 0.3) is 0 Å². The molecule has 1 aliphatic rings. The average Bonchev–Trinajstić information content (AvgIpc) is 2.58. The number of rotatable bonds is 5. The fourth-order valence-corrected chi connectivity index (χ4v) is 5.29.